The van der Waals surface area contributed by atoms with E-state index in [1.807, 2.05) is 18.2 Å². The highest BCUT2D eigenvalue weighted by Gasteiger charge is 2.36. The number of ether oxygens (including phenoxy) is 1. The molecule has 0 bridgehead atoms. The third-order valence-electron chi connectivity index (χ3n) is 3.32. The number of Topliss-reactive ketones (excluding diaryl/α,β-unsaturated/α-hetero) is 1. The van der Waals surface area contributed by atoms with Gasteiger partial charge in [0, 0.05) is 12.1 Å². The van der Waals surface area contributed by atoms with E-state index in [1.54, 1.807) is 24.3 Å². The average molecular weight is 301 g/mol. The number of nitrogens with one attached hydrogen (secondary N) is 1. The maximum Gasteiger partial charge on any atom is 0.425 e. The molecular weight excluding hydrogens is 282 g/mol. The zero-order valence-electron chi connectivity index (χ0n) is 12.1. The number of carbonyl (C=O) groups excluding carboxylic acids is 2. The zero-order valence-corrected chi connectivity index (χ0v) is 12.1. The Kier molecular flexibility index (Phi) is 5.46. The van der Waals surface area contributed by atoms with Crippen LogP contribution in [0.1, 0.15) is 10.4 Å². The molecule has 0 radical (unpaired) electrons. The molecule has 0 saturated carbocycles. The van der Waals surface area contributed by atoms with Gasteiger partial charge in [-0.05, 0) is 0 Å². The number of amides is 1. The van der Waals surface area contributed by atoms with Gasteiger partial charge in [-0.3, -0.25) is 4.79 Å². The molecule has 22 heavy (non-hydrogen) atoms. The van der Waals surface area contributed by atoms with Gasteiger partial charge in [-0.25, -0.2) is 15.6 Å². The molecule has 1 aromatic carbocycles. The van der Waals surface area contributed by atoms with Crippen molar-refractivity contribution in [2.75, 3.05) is 13.2 Å². The van der Waals surface area contributed by atoms with Crippen molar-refractivity contribution in [1.29, 1.82) is 0 Å². The normalized spacial score (nSPS) is 17.8. The molecule has 3 N–H and O–H groups in total. The third kappa shape index (κ3) is 3.60. The molecule has 1 aliphatic rings. The van der Waals surface area contributed by atoms with E-state index in [1.165, 1.54) is 6.08 Å². The summed E-state index contributed by atoms with van der Waals surface area (Å²) >= 11 is 0. The SMILES string of the molecule is C=CCOC(=O)N(N)C(C(=O)c1ccccc1)[C@@H]1C=CCN1. The fourth-order valence-electron chi connectivity index (χ4n) is 2.26. The first-order valence-corrected chi connectivity index (χ1v) is 6.96. The topological polar surface area (TPSA) is 84.7 Å². The fourth-order valence-corrected chi connectivity index (χ4v) is 2.26. The summed E-state index contributed by atoms with van der Waals surface area (Å²) in [5.74, 6) is 5.60. The molecule has 2 rings (SSSR count). The molecule has 0 aliphatic carbocycles. The molecule has 1 aliphatic heterocycles. The monoisotopic (exact) mass is 301 g/mol. The quantitative estimate of drug-likeness (QED) is 0.272. The Morgan fingerprint density at radius 3 is 2.77 bits per heavy atom. The van der Waals surface area contributed by atoms with Crippen LogP contribution in [0.5, 0.6) is 0 Å². The van der Waals surface area contributed by atoms with Crippen LogP contribution in [0.2, 0.25) is 0 Å². The van der Waals surface area contributed by atoms with Crippen LogP contribution in [-0.4, -0.2) is 42.1 Å². The number of ketones is 1. The van der Waals surface area contributed by atoms with Gasteiger partial charge in [0.2, 0.25) is 0 Å². The summed E-state index contributed by atoms with van der Waals surface area (Å²) in [6.45, 7) is 4.13. The molecular formula is C16H19N3O3. The van der Waals surface area contributed by atoms with Crippen molar-refractivity contribution in [3.8, 4) is 0 Å². The van der Waals surface area contributed by atoms with E-state index in [-0.39, 0.29) is 18.4 Å². The lowest BCUT2D eigenvalue weighted by molar-refractivity contribution is 0.0678. The van der Waals surface area contributed by atoms with Gasteiger partial charge in [0.15, 0.2) is 5.78 Å². The van der Waals surface area contributed by atoms with Gasteiger partial charge in [-0.1, -0.05) is 55.1 Å². The van der Waals surface area contributed by atoms with Gasteiger partial charge in [0.1, 0.15) is 12.6 Å². The van der Waals surface area contributed by atoms with Crippen molar-refractivity contribution < 1.29 is 14.3 Å². The molecule has 1 aromatic rings. The van der Waals surface area contributed by atoms with E-state index in [0.29, 0.717) is 12.1 Å². The van der Waals surface area contributed by atoms with E-state index in [9.17, 15) is 9.59 Å². The van der Waals surface area contributed by atoms with E-state index >= 15 is 0 Å². The Morgan fingerprint density at radius 2 is 2.18 bits per heavy atom. The summed E-state index contributed by atoms with van der Waals surface area (Å²) in [7, 11) is 0. The zero-order chi connectivity index (χ0) is 15.9. The van der Waals surface area contributed by atoms with Crippen LogP contribution in [0.3, 0.4) is 0 Å². The van der Waals surface area contributed by atoms with Crippen LogP contribution >= 0.6 is 0 Å². The van der Waals surface area contributed by atoms with Crippen molar-refractivity contribution >= 4 is 11.9 Å². The number of rotatable bonds is 6. The van der Waals surface area contributed by atoms with Crippen LogP contribution in [0.25, 0.3) is 0 Å². The molecule has 1 amide bonds. The Balaban J connectivity index is 2.22. The molecule has 6 nitrogen and oxygen atoms in total. The number of hydrogen-bond acceptors (Lipinski definition) is 5. The number of hydrogen-bond donors (Lipinski definition) is 2. The second kappa shape index (κ2) is 7.53. The standard InChI is InChI=1S/C16H19N3O3/c1-2-11-22-16(21)19(17)14(13-9-6-10-18-13)15(20)12-7-4-3-5-8-12/h2-9,13-14,18H,1,10-11,17H2/t13-,14?/m0/s1. The first kappa shape index (κ1) is 15.9. The summed E-state index contributed by atoms with van der Waals surface area (Å²) in [5, 5.41) is 3.96. The maximum atomic E-state index is 12.7. The molecule has 1 heterocycles. The van der Waals surface area contributed by atoms with Gasteiger partial charge >= 0.3 is 6.09 Å². The first-order valence-electron chi connectivity index (χ1n) is 6.96. The molecule has 2 atom stereocenters. The average Bonchev–Trinajstić information content (AvgIpc) is 3.07. The van der Waals surface area contributed by atoms with Crippen LogP contribution in [0.15, 0.2) is 55.1 Å². The fraction of sp³-hybridized carbons (Fsp3) is 0.250. The lowest BCUT2D eigenvalue weighted by atomic mass is 9.98. The van der Waals surface area contributed by atoms with Crippen LogP contribution < -0.4 is 11.2 Å². The van der Waals surface area contributed by atoms with Crippen molar-refractivity contribution in [2.45, 2.75) is 12.1 Å². The molecule has 0 aromatic heterocycles. The van der Waals surface area contributed by atoms with Gasteiger partial charge in [-0.2, -0.15) is 0 Å². The highest BCUT2D eigenvalue weighted by molar-refractivity contribution is 6.02. The summed E-state index contributed by atoms with van der Waals surface area (Å²) < 4.78 is 4.92. The smallest absolute Gasteiger partial charge is 0.425 e. The number of nitrogens with zero attached hydrogens (tertiary/aromatic N) is 1. The van der Waals surface area contributed by atoms with Gasteiger partial charge < -0.3 is 10.1 Å². The minimum absolute atomic E-state index is 0.0344. The minimum atomic E-state index is -0.876. The number of benzene rings is 1. The van der Waals surface area contributed by atoms with Gasteiger partial charge in [-0.15, -0.1) is 0 Å². The van der Waals surface area contributed by atoms with Crippen LogP contribution in [0, 0.1) is 0 Å². The van der Waals surface area contributed by atoms with Crippen molar-refractivity contribution in [2.24, 2.45) is 5.84 Å². The van der Waals surface area contributed by atoms with Crippen LogP contribution in [0.4, 0.5) is 4.79 Å². The molecule has 6 heteroatoms. The summed E-state index contributed by atoms with van der Waals surface area (Å²) in [6, 6.07) is 7.50. The molecule has 0 spiro atoms. The lowest BCUT2D eigenvalue weighted by Gasteiger charge is -2.29. The molecule has 0 fully saturated rings. The maximum absolute atomic E-state index is 12.7. The van der Waals surface area contributed by atoms with Crippen LogP contribution in [-0.2, 0) is 4.74 Å². The Labute approximate surface area is 129 Å². The van der Waals surface area contributed by atoms with Crippen molar-refractivity contribution in [3.63, 3.8) is 0 Å². The van der Waals surface area contributed by atoms with Gasteiger partial charge in [0.25, 0.3) is 0 Å². The van der Waals surface area contributed by atoms with Crippen molar-refractivity contribution in [3.05, 3.63) is 60.7 Å². The number of carbonyl (C=O) groups is 2. The number of hydrazine groups is 1. The summed E-state index contributed by atoms with van der Waals surface area (Å²) in [5.41, 5.74) is 0.488. The minimum Gasteiger partial charge on any atom is -0.444 e. The predicted octanol–water partition coefficient (Wildman–Crippen LogP) is 1.26. The second-order valence-electron chi connectivity index (χ2n) is 4.81. The largest absolute Gasteiger partial charge is 0.444 e. The predicted molar refractivity (Wildman–Crippen MR) is 83.1 cm³/mol. The molecule has 0 saturated heterocycles. The Morgan fingerprint density at radius 1 is 1.45 bits per heavy atom. The highest BCUT2D eigenvalue weighted by atomic mass is 16.6. The Hall–Kier alpha value is -2.44. The van der Waals surface area contributed by atoms with E-state index < -0.39 is 12.1 Å². The highest BCUT2D eigenvalue weighted by Crippen LogP contribution is 2.14. The molecule has 116 valence electrons. The Bertz CT molecular complexity index is 571. The van der Waals surface area contributed by atoms with E-state index in [2.05, 4.69) is 11.9 Å². The second-order valence-corrected chi connectivity index (χ2v) is 4.81. The summed E-state index contributed by atoms with van der Waals surface area (Å²) in [4.78, 5) is 24.7. The first-order chi connectivity index (χ1) is 10.6. The van der Waals surface area contributed by atoms with Crippen molar-refractivity contribution in [1.82, 2.24) is 10.3 Å². The van der Waals surface area contributed by atoms with Gasteiger partial charge in [0.05, 0.1) is 6.04 Å². The van der Waals surface area contributed by atoms with E-state index in [0.717, 1.165) is 5.01 Å². The number of nitrogens with two attached hydrogens (primary N) is 1. The lowest BCUT2D eigenvalue weighted by Crippen LogP contribution is -2.57. The summed E-state index contributed by atoms with van der Waals surface area (Å²) in [6.07, 6.45) is 4.38. The third-order valence-corrected chi connectivity index (χ3v) is 3.32. The van der Waals surface area contributed by atoms with E-state index in [4.69, 9.17) is 10.6 Å². The molecule has 1 unspecified atom stereocenters.